The molecule has 0 aromatic heterocycles. The average Bonchev–Trinajstić information content (AvgIpc) is 2.30. The standard InChI is InChI=1S/C8H18N4OP/c13-14(11-5-1-9-2-6-11)12-7-3-10-4-8-12/h9-10H,1-8H2/q+1. The topological polar surface area (TPSA) is 47.6 Å². The van der Waals surface area contributed by atoms with Gasteiger partial charge in [-0.1, -0.05) is 9.34 Å². The number of hydrogen-bond acceptors (Lipinski definition) is 3. The van der Waals surface area contributed by atoms with Gasteiger partial charge in [0.2, 0.25) is 0 Å². The van der Waals surface area contributed by atoms with Gasteiger partial charge in [-0.15, -0.1) is 0 Å². The molecule has 0 radical (unpaired) electrons. The van der Waals surface area contributed by atoms with Crippen LogP contribution in [-0.2, 0) is 4.57 Å². The van der Waals surface area contributed by atoms with Gasteiger partial charge in [-0.3, -0.25) is 0 Å². The molecule has 2 saturated heterocycles. The maximum absolute atomic E-state index is 12.1. The molecule has 80 valence electrons. The van der Waals surface area contributed by atoms with Crippen LogP contribution in [0.3, 0.4) is 0 Å². The van der Waals surface area contributed by atoms with Gasteiger partial charge in [0.25, 0.3) is 0 Å². The molecular weight excluding hydrogens is 199 g/mol. The van der Waals surface area contributed by atoms with E-state index >= 15 is 0 Å². The van der Waals surface area contributed by atoms with E-state index in [0.717, 1.165) is 52.4 Å². The van der Waals surface area contributed by atoms with Crippen LogP contribution in [-0.4, -0.2) is 61.7 Å². The molecule has 2 N–H and O–H groups in total. The highest BCUT2D eigenvalue weighted by molar-refractivity contribution is 7.39. The first-order valence-corrected chi connectivity index (χ1v) is 6.43. The van der Waals surface area contributed by atoms with Crippen LogP contribution in [0.2, 0.25) is 0 Å². The molecule has 0 spiro atoms. The van der Waals surface area contributed by atoms with Crippen molar-refractivity contribution in [3.63, 3.8) is 0 Å². The lowest BCUT2D eigenvalue weighted by molar-refractivity contribution is 0.304. The third-order valence-corrected chi connectivity index (χ3v) is 4.44. The molecule has 0 unspecified atom stereocenters. The van der Waals surface area contributed by atoms with Crippen molar-refractivity contribution in [1.82, 2.24) is 20.0 Å². The van der Waals surface area contributed by atoms with Gasteiger partial charge >= 0.3 is 8.10 Å². The highest BCUT2D eigenvalue weighted by Crippen LogP contribution is 2.31. The molecule has 14 heavy (non-hydrogen) atoms. The van der Waals surface area contributed by atoms with E-state index in [1.807, 2.05) is 0 Å². The van der Waals surface area contributed by atoms with Crippen molar-refractivity contribution in [3.05, 3.63) is 0 Å². The molecule has 6 heteroatoms. The molecule has 0 aliphatic carbocycles. The molecule has 0 saturated carbocycles. The Bertz CT molecular complexity index is 182. The fourth-order valence-electron chi connectivity index (χ4n) is 1.83. The average molecular weight is 217 g/mol. The summed E-state index contributed by atoms with van der Waals surface area (Å²) in [5.74, 6) is 0. The van der Waals surface area contributed by atoms with E-state index in [1.165, 1.54) is 0 Å². The fourth-order valence-corrected chi connectivity index (χ4v) is 3.27. The first-order valence-electron chi connectivity index (χ1n) is 5.26. The molecule has 0 atom stereocenters. The zero-order chi connectivity index (χ0) is 9.80. The number of nitrogens with zero attached hydrogens (tertiary/aromatic N) is 2. The first kappa shape index (κ1) is 10.5. The van der Waals surface area contributed by atoms with E-state index < -0.39 is 8.10 Å². The normalized spacial score (nSPS) is 26.3. The second kappa shape index (κ2) is 5.14. The van der Waals surface area contributed by atoms with Gasteiger partial charge < -0.3 is 10.6 Å². The third kappa shape index (κ3) is 2.49. The lowest BCUT2D eigenvalue weighted by atomic mass is 10.4. The van der Waals surface area contributed by atoms with Gasteiger partial charge in [0.1, 0.15) is 0 Å². The van der Waals surface area contributed by atoms with Crippen molar-refractivity contribution in [1.29, 1.82) is 0 Å². The highest BCUT2D eigenvalue weighted by atomic mass is 31.1. The zero-order valence-corrected chi connectivity index (χ0v) is 9.30. The molecule has 2 aliphatic rings. The van der Waals surface area contributed by atoms with Crippen molar-refractivity contribution in [2.24, 2.45) is 0 Å². The summed E-state index contributed by atoms with van der Waals surface area (Å²) in [6, 6.07) is 0. The van der Waals surface area contributed by atoms with Crippen LogP contribution in [0.15, 0.2) is 0 Å². The molecule has 2 heterocycles. The summed E-state index contributed by atoms with van der Waals surface area (Å²) in [6.07, 6.45) is 0. The van der Waals surface area contributed by atoms with Gasteiger partial charge in [0, 0.05) is 26.2 Å². The summed E-state index contributed by atoms with van der Waals surface area (Å²) in [5.41, 5.74) is 0. The molecule has 0 aromatic carbocycles. The van der Waals surface area contributed by atoms with Crippen molar-refractivity contribution in [2.45, 2.75) is 0 Å². The molecule has 5 nitrogen and oxygen atoms in total. The van der Waals surface area contributed by atoms with E-state index in [1.54, 1.807) is 0 Å². The van der Waals surface area contributed by atoms with E-state index in [4.69, 9.17) is 0 Å². The minimum absolute atomic E-state index is 0.916. The number of hydrogen-bond donors (Lipinski definition) is 2. The molecule has 0 bridgehead atoms. The van der Waals surface area contributed by atoms with Crippen LogP contribution in [0.5, 0.6) is 0 Å². The smallest absolute Gasteiger partial charge is 0.314 e. The summed E-state index contributed by atoms with van der Waals surface area (Å²) in [6.45, 7) is 7.52. The molecule has 2 aliphatic heterocycles. The summed E-state index contributed by atoms with van der Waals surface area (Å²) in [7, 11) is -1.28. The van der Waals surface area contributed by atoms with Crippen LogP contribution in [0.25, 0.3) is 0 Å². The van der Waals surface area contributed by atoms with Gasteiger partial charge in [-0.25, -0.2) is 0 Å². The van der Waals surface area contributed by atoms with Crippen molar-refractivity contribution >= 4 is 8.10 Å². The van der Waals surface area contributed by atoms with Crippen LogP contribution >= 0.6 is 8.10 Å². The molecular formula is C8H18N4OP+. The molecule has 0 aromatic rings. The monoisotopic (exact) mass is 217 g/mol. The van der Waals surface area contributed by atoms with Gasteiger partial charge in [0.15, 0.2) is 0 Å². The Kier molecular flexibility index (Phi) is 3.84. The van der Waals surface area contributed by atoms with E-state index in [-0.39, 0.29) is 0 Å². The van der Waals surface area contributed by atoms with Crippen molar-refractivity contribution in [3.8, 4) is 0 Å². The maximum Gasteiger partial charge on any atom is 0.537 e. The Morgan fingerprint density at radius 1 is 0.786 bits per heavy atom. The minimum Gasteiger partial charge on any atom is -0.314 e. The highest BCUT2D eigenvalue weighted by Gasteiger charge is 2.37. The van der Waals surface area contributed by atoms with Crippen molar-refractivity contribution in [2.75, 3.05) is 52.4 Å². The first-order chi connectivity index (χ1) is 6.88. The second-order valence-corrected chi connectivity index (χ2v) is 5.30. The lowest BCUT2D eigenvalue weighted by Crippen LogP contribution is -2.45. The molecule has 0 amide bonds. The van der Waals surface area contributed by atoms with E-state index in [0.29, 0.717) is 0 Å². The maximum atomic E-state index is 12.1. The Morgan fingerprint density at radius 3 is 1.50 bits per heavy atom. The summed E-state index contributed by atoms with van der Waals surface area (Å²) < 4.78 is 16.3. The minimum atomic E-state index is -1.28. The largest absolute Gasteiger partial charge is 0.537 e. The molecule has 2 fully saturated rings. The summed E-state index contributed by atoms with van der Waals surface area (Å²) in [4.78, 5) is 0. The zero-order valence-electron chi connectivity index (χ0n) is 8.41. The van der Waals surface area contributed by atoms with Crippen LogP contribution in [0.4, 0.5) is 0 Å². The number of rotatable bonds is 2. The van der Waals surface area contributed by atoms with Gasteiger partial charge in [-0.05, 0) is 4.57 Å². The van der Waals surface area contributed by atoms with Gasteiger partial charge in [-0.2, -0.15) is 0 Å². The van der Waals surface area contributed by atoms with Crippen molar-refractivity contribution < 1.29 is 4.57 Å². The Morgan fingerprint density at radius 2 is 1.14 bits per heavy atom. The van der Waals surface area contributed by atoms with E-state index in [2.05, 4.69) is 20.0 Å². The van der Waals surface area contributed by atoms with E-state index in [9.17, 15) is 4.57 Å². The van der Waals surface area contributed by atoms with Crippen LogP contribution in [0.1, 0.15) is 0 Å². The summed E-state index contributed by atoms with van der Waals surface area (Å²) in [5, 5.41) is 6.54. The molecule has 2 rings (SSSR count). The Balaban J connectivity index is 1.85. The SMILES string of the molecule is O=[P+](N1CCNCC1)N1CCNCC1. The van der Waals surface area contributed by atoms with Crippen LogP contribution in [0, 0.1) is 0 Å². The predicted molar refractivity (Wildman–Crippen MR) is 56.5 cm³/mol. The third-order valence-electron chi connectivity index (χ3n) is 2.67. The Labute approximate surface area is 85.7 Å². The van der Waals surface area contributed by atoms with Gasteiger partial charge in [0.05, 0.1) is 26.2 Å². The second-order valence-electron chi connectivity index (χ2n) is 3.66. The number of nitrogens with one attached hydrogen (secondary N) is 2. The number of piperazine rings is 2. The predicted octanol–water partition coefficient (Wildman–Crippen LogP) is -0.546. The quantitative estimate of drug-likeness (QED) is 0.608. The summed E-state index contributed by atoms with van der Waals surface area (Å²) >= 11 is 0. The Hall–Kier alpha value is -0.0600. The lowest BCUT2D eigenvalue weighted by Gasteiger charge is -2.23. The van der Waals surface area contributed by atoms with Crippen LogP contribution < -0.4 is 10.6 Å². The fraction of sp³-hybridized carbons (Fsp3) is 1.00.